The van der Waals surface area contributed by atoms with Crippen LogP contribution in [0.15, 0.2) is 66.7 Å². The van der Waals surface area contributed by atoms with Crippen LogP contribution in [0.5, 0.6) is 5.75 Å². The zero-order valence-electron chi connectivity index (χ0n) is 16.7. The number of ether oxygens (including phenoxy) is 1. The van der Waals surface area contributed by atoms with E-state index in [9.17, 15) is 9.59 Å². The SMILES string of the molecule is Cc1ccccc1OC1CCN(C)CC1c1ccccc1.O=C(O)C=CC(=O)O. The molecule has 1 aliphatic heterocycles. The largest absolute Gasteiger partial charge is 0.489 e. The Hall–Kier alpha value is -3.12. The fraction of sp³-hybridized carbons (Fsp3) is 0.304. The van der Waals surface area contributed by atoms with Gasteiger partial charge in [-0.25, -0.2) is 9.59 Å². The summed E-state index contributed by atoms with van der Waals surface area (Å²) in [7, 11) is 2.19. The van der Waals surface area contributed by atoms with Gasteiger partial charge in [0.25, 0.3) is 0 Å². The van der Waals surface area contributed by atoms with Crippen molar-refractivity contribution < 1.29 is 24.5 Å². The molecule has 1 heterocycles. The summed E-state index contributed by atoms with van der Waals surface area (Å²) in [6.07, 6.45) is 2.44. The van der Waals surface area contributed by atoms with Crippen molar-refractivity contribution in [3.63, 3.8) is 0 Å². The van der Waals surface area contributed by atoms with Gasteiger partial charge in [0, 0.05) is 31.2 Å². The topological polar surface area (TPSA) is 87.1 Å². The second kappa shape index (κ2) is 11.0. The minimum absolute atomic E-state index is 0.254. The molecule has 0 aromatic heterocycles. The molecule has 0 bridgehead atoms. The fourth-order valence-corrected chi connectivity index (χ4v) is 3.25. The average Bonchev–Trinajstić information content (AvgIpc) is 2.70. The molecule has 1 saturated heterocycles. The van der Waals surface area contributed by atoms with E-state index in [4.69, 9.17) is 14.9 Å². The Bertz CT molecular complexity index is 818. The number of benzene rings is 2. The number of carboxylic acids is 2. The molecule has 6 nitrogen and oxygen atoms in total. The van der Waals surface area contributed by atoms with E-state index in [1.54, 1.807) is 0 Å². The lowest BCUT2D eigenvalue weighted by Gasteiger charge is -2.37. The first-order valence-electron chi connectivity index (χ1n) is 9.46. The molecule has 0 spiro atoms. The zero-order chi connectivity index (χ0) is 21.2. The zero-order valence-corrected chi connectivity index (χ0v) is 16.7. The number of para-hydroxylation sites is 1. The lowest BCUT2D eigenvalue weighted by Crippen LogP contribution is -2.42. The van der Waals surface area contributed by atoms with Crippen molar-refractivity contribution in [1.29, 1.82) is 0 Å². The van der Waals surface area contributed by atoms with Crippen molar-refractivity contribution in [2.24, 2.45) is 0 Å². The number of carboxylic acid groups (broad SMARTS) is 2. The highest BCUT2D eigenvalue weighted by molar-refractivity contribution is 5.89. The minimum atomic E-state index is -1.26. The van der Waals surface area contributed by atoms with E-state index >= 15 is 0 Å². The fourth-order valence-electron chi connectivity index (χ4n) is 3.25. The van der Waals surface area contributed by atoms with Crippen LogP contribution >= 0.6 is 0 Å². The standard InChI is InChI=1S/C19H23NO.C4H4O4/c1-15-8-6-7-11-18(15)21-19-12-13-20(2)14-17(19)16-9-4-3-5-10-16;5-3(6)1-2-4(7)8/h3-11,17,19H,12-14H2,1-2H3;1-2H,(H,5,6)(H,7,8). The third-order valence-electron chi connectivity index (χ3n) is 4.72. The van der Waals surface area contributed by atoms with Gasteiger partial charge in [-0.05, 0) is 37.6 Å². The molecule has 0 aliphatic carbocycles. The molecule has 2 aromatic rings. The molecule has 6 heteroatoms. The maximum Gasteiger partial charge on any atom is 0.328 e. The number of nitrogens with zero attached hydrogens (tertiary/aromatic N) is 1. The maximum atomic E-state index is 9.55. The molecule has 2 N–H and O–H groups in total. The van der Waals surface area contributed by atoms with E-state index in [2.05, 4.69) is 73.5 Å². The Labute approximate surface area is 171 Å². The molecule has 0 radical (unpaired) electrons. The van der Waals surface area contributed by atoms with Gasteiger partial charge in [-0.3, -0.25) is 0 Å². The highest BCUT2D eigenvalue weighted by Crippen LogP contribution is 2.31. The van der Waals surface area contributed by atoms with Crippen LogP contribution in [0.2, 0.25) is 0 Å². The number of rotatable bonds is 5. The Morgan fingerprint density at radius 1 is 1.00 bits per heavy atom. The number of aryl methyl sites for hydroxylation is 1. The smallest absolute Gasteiger partial charge is 0.328 e. The third kappa shape index (κ3) is 7.43. The van der Waals surface area contributed by atoms with Gasteiger partial charge in [0.05, 0.1) is 0 Å². The van der Waals surface area contributed by atoms with Gasteiger partial charge in [0.1, 0.15) is 11.9 Å². The van der Waals surface area contributed by atoms with Crippen LogP contribution in [0, 0.1) is 6.92 Å². The van der Waals surface area contributed by atoms with Crippen molar-refractivity contribution in [2.75, 3.05) is 20.1 Å². The maximum absolute atomic E-state index is 9.55. The summed E-state index contributed by atoms with van der Waals surface area (Å²) in [5.41, 5.74) is 2.59. The van der Waals surface area contributed by atoms with Crippen molar-refractivity contribution in [3.05, 3.63) is 77.9 Å². The van der Waals surface area contributed by atoms with Crippen molar-refractivity contribution in [3.8, 4) is 5.75 Å². The van der Waals surface area contributed by atoms with Gasteiger partial charge in [0.15, 0.2) is 0 Å². The van der Waals surface area contributed by atoms with Crippen LogP contribution in [0.4, 0.5) is 0 Å². The molecule has 3 rings (SSSR count). The van der Waals surface area contributed by atoms with Gasteiger partial charge in [-0.15, -0.1) is 0 Å². The highest BCUT2D eigenvalue weighted by atomic mass is 16.5. The molecule has 154 valence electrons. The van der Waals surface area contributed by atoms with E-state index in [0.29, 0.717) is 18.1 Å². The summed E-state index contributed by atoms with van der Waals surface area (Å²) < 4.78 is 6.37. The molecule has 29 heavy (non-hydrogen) atoms. The number of hydrogen-bond donors (Lipinski definition) is 2. The number of carbonyl (C=O) groups is 2. The molecule has 2 aromatic carbocycles. The van der Waals surface area contributed by atoms with Crippen molar-refractivity contribution in [2.45, 2.75) is 25.4 Å². The molecular weight excluding hydrogens is 370 g/mol. The lowest BCUT2D eigenvalue weighted by atomic mass is 9.88. The predicted molar refractivity (Wildman–Crippen MR) is 111 cm³/mol. The van der Waals surface area contributed by atoms with E-state index in [-0.39, 0.29) is 6.10 Å². The lowest BCUT2D eigenvalue weighted by molar-refractivity contribution is -0.134. The minimum Gasteiger partial charge on any atom is -0.489 e. The summed E-state index contributed by atoms with van der Waals surface area (Å²) >= 11 is 0. The van der Waals surface area contributed by atoms with E-state index in [1.165, 1.54) is 11.1 Å². The summed E-state index contributed by atoms with van der Waals surface area (Å²) in [5, 5.41) is 15.6. The van der Waals surface area contributed by atoms with Crippen LogP contribution < -0.4 is 4.74 Å². The third-order valence-corrected chi connectivity index (χ3v) is 4.72. The van der Waals surface area contributed by atoms with Crippen LogP contribution in [-0.4, -0.2) is 53.3 Å². The summed E-state index contributed by atoms with van der Waals surface area (Å²) in [6.45, 7) is 4.27. The van der Waals surface area contributed by atoms with Crippen molar-refractivity contribution >= 4 is 11.9 Å². The Balaban J connectivity index is 0.000000321. The van der Waals surface area contributed by atoms with E-state index in [0.717, 1.165) is 25.3 Å². The Morgan fingerprint density at radius 2 is 1.59 bits per heavy atom. The second-order valence-electron chi connectivity index (χ2n) is 7.00. The number of likely N-dealkylation sites (N-methyl/N-ethyl adjacent to an activating group) is 1. The summed E-state index contributed by atoms with van der Waals surface area (Å²) in [4.78, 5) is 21.5. The van der Waals surface area contributed by atoms with Crippen molar-refractivity contribution in [1.82, 2.24) is 4.90 Å². The first-order valence-corrected chi connectivity index (χ1v) is 9.46. The van der Waals surface area contributed by atoms with Gasteiger partial charge >= 0.3 is 11.9 Å². The van der Waals surface area contributed by atoms with Gasteiger partial charge < -0.3 is 19.8 Å². The van der Waals surface area contributed by atoms with Crippen LogP contribution in [0.3, 0.4) is 0 Å². The van der Waals surface area contributed by atoms with Crippen LogP contribution in [0.25, 0.3) is 0 Å². The summed E-state index contributed by atoms with van der Waals surface area (Å²) in [6, 6.07) is 19.1. The normalized spacial score (nSPS) is 19.2. The number of hydrogen-bond acceptors (Lipinski definition) is 4. The monoisotopic (exact) mass is 397 g/mol. The first kappa shape index (κ1) is 22.2. The second-order valence-corrected chi connectivity index (χ2v) is 7.00. The summed E-state index contributed by atoms with van der Waals surface area (Å²) in [5.74, 6) is -1.06. The molecule has 0 amide bonds. The number of likely N-dealkylation sites (tertiary alicyclic amines) is 1. The molecule has 0 saturated carbocycles. The van der Waals surface area contributed by atoms with E-state index < -0.39 is 11.9 Å². The molecule has 1 fully saturated rings. The van der Waals surface area contributed by atoms with Crippen LogP contribution in [-0.2, 0) is 9.59 Å². The Morgan fingerprint density at radius 3 is 2.17 bits per heavy atom. The quantitative estimate of drug-likeness (QED) is 0.750. The van der Waals surface area contributed by atoms with Gasteiger partial charge in [-0.1, -0.05) is 48.5 Å². The van der Waals surface area contributed by atoms with Gasteiger partial charge in [0.2, 0.25) is 0 Å². The number of piperidine rings is 1. The molecule has 2 atom stereocenters. The molecule has 1 aliphatic rings. The van der Waals surface area contributed by atoms with Crippen LogP contribution in [0.1, 0.15) is 23.5 Å². The van der Waals surface area contributed by atoms with Gasteiger partial charge in [-0.2, -0.15) is 0 Å². The predicted octanol–water partition coefficient (Wildman–Crippen LogP) is 3.57. The average molecular weight is 397 g/mol. The molecular formula is C23H27NO5. The number of aliphatic carboxylic acids is 2. The Kier molecular flexibility index (Phi) is 8.43. The molecule has 2 unspecified atom stereocenters. The highest BCUT2D eigenvalue weighted by Gasteiger charge is 2.30. The first-order chi connectivity index (χ1) is 13.9. The van der Waals surface area contributed by atoms with E-state index in [1.807, 2.05) is 0 Å².